The number of nitrogens with one attached hydrogen (secondary N) is 1. The third kappa shape index (κ3) is 3.69. The van der Waals surface area contributed by atoms with Gasteiger partial charge in [-0.3, -0.25) is 5.10 Å². The fraction of sp³-hybridized carbons (Fsp3) is 0.600. The van der Waals surface area contributed by atoms with Crippen molar-refractivity contribution in [2.45, 2.75) is 45.1 Å². The second kappa shape index (κ2) is 6.02. The standard InChI is InChI=1S/C15H21N5O3/c1-15(2,3)22-14(21)20-8-5-10(6-9-20)12-17-13(23-19-12)11-4-7-16-18-11/h4,7,10H,5-6,8-9H2,1-3H3,(H,16,18). The van der Waals surface area contributed by atoms with Gasteiger partial charge in [-0.2, -0.15) is 10.1 Å². The van der Waals surface area contributed by atoms with Crippen molar-refractivity contribution < 1.29 is 14.1 Å². The smallest absolute Gasteiger partial charge is 0.410 e. The molecule has 2 aromatic rings. The zero-order chi connectivity index (χ0) is 16.4. The van der Waals surface area contributed by atoms with Gasteiger partial charge in [-0.1, -0.05) is 5.16 Å². The third-order valence-corrected chi connectivity index (χ3v) is 3.68. The number of nitrogens with zero attached hydrogens (tertiary/aromatic N) is 4. The van der Waals surface area contributed by atoms with Gasteiger partial charge in [0.05, 0.1) is 0 Å². The molecule has 23 heavy (non-hydrogen) atoms. The second-order valence-electron chi connectivity index (χ2n) is 6.67. The van der Waals surface area contributed by atoms with E-state index in [1.165, 1.54) is 0 Å². The molecule has 0 atom stereocenters. The highest BCUT2D eigenvalue weighted by Gasteiger charge is 2.29. The van der Waals surface area contributed by atoms with Crippen molar-refractivity contribution in [1.29, 1.82) is 0 Å². The highest BCUT2D eigenvalue weighted by molar-refractivity contribution is 5.68. The van der Waals surface area contributed by atoms with Crippen LogP contribution in [0, 0.1) is 0 Å². The predicted octanol–water partition coefficient (Wildman–Crippen LogP) is 2.57. The predicted molar refractivity (Wildman–Crippen MR) is 81.7 cm³/mol. The van der Waals surface area contributed by atoms with Gasteiger partial charge in [0.15, 0.2) is 5.82 Å². The first-order chi connectivity index (χ1) is 10.9. The molecular formula is C15H21N5O3. The molecule has 0 radical (unpaired) electrons. The minimum absolute atomic E-state index is 0.189. The van der Waals surface area contributed by atoms with Crippen molar-refractivity contribution in [1.82, 2.24) is 25.2 Å². The Balaban J connectivity index is 1.58. The Hall–Kier alpha value is -2.38. The lowest BCUT2D eigenvalue weighted by molar-refractivity contribution is 0.0203. The van der Waals surface area contributed by atoms with Crippen molar-refractivity contribution in [3.8, 4) is 11.6 Å². The van der Waals surface area contributed by atoms with Crippen LogP contribution in [0.5, 0.6) is 0 Å². The van der Waals surface area contributed by atoms with E-state index in [0.29, 0.717) is 30.5 Å². The molecule has 0 aromatic carbocycles. The summed E-state index contributed by atoms with van der Waals surface area (Å²) in [5.41, 5.74) is 0.232. The third-order valence-electron chi connectivity index (χ3n) is 3.68. The van der Waals surface area contributed by atoms with E-state index in [2.05, 4.69) is 20.3 Å². The lowest BCUT2D eigenvalue weighted by Gasteiger charge is -2.32. The maximum absolute atomic E-state index is 12.1. The topological polar surface area (TPSA) is 97.1 Å². The Morgan fingerprint density at radius 3 is 2.74 bits per heavy atom. The Kier molecular flexibility index (Phi) is 4.06. The van der Waals surface area contributed by atoms with Crippen LogP contribution in [0.15, 0.2) is 16.8 Å². The van der Waals surface area contributed by atoms with Gasteiger partial charge in [0.2, 0.25) is 0 Å². The minimum Gasteiger partial charge on any atom is -0.444 e. The summed E-state index contributed by atoms with van der Waals surface area (Å²) in [6.07, 6.45) is 2.96. The summed E-state index contributed by atoms with van der Waals surface area (Å²) in [5.74, 6) is 1.31. The number of carbonyl (C=O) groups excluding carboxylic acids is 1. The first kappa shape index (κ1) is 15.5. The van der Waals surface area contributed by atoms with Gasteiger partial charge in [-0.05, 0) is 39.7 Å². The molecule has 8 heteroatoms. The van der Waals surface area contributed by atoms with Gasteiger partial charge >= 0.3 is 6.09 Å². The molecule has 1 amide bonds. The van der Waals surface area contributed by atoms with Gasteiger partial charge in [0.25, 0.3) is 5.89 Å². The van der Waals surface area contributed by atoms with Gasteiger partial charge in [-0.15, -0.1) is 0 Å². The zero-order valence-electron chi connectivity index (χ0n) is 13.6. The number of hydrogen-bond donors (Lipinski definition) is 1. The largest absolute Gasteiger partial charge is 0.444 e. The maximum atomic E-state index is 12.1. The summed E-state index contributed by atoms with van der Waals surface area (Å²) in [5, 5.41) is 10.7. The first-order valence-corrected chi connectivity index (χ1v) is 7.73. The molecule has 0 saturated carbocycles. The SMILES string of the molecule is CC(C)(C)OC(=O)N1CCC(c2noc(-c3ccn[nH]3)n2)CC1. The van der Waals surface area contributed by atoms with Crippen LogP contribution >= 0.6 is 0 Å². The maximum Gasteiger partial charge on any atom is 0.410 e. The Labute approximate surface area is 134 Å². The number of amides is 1. The normalized spacial score (nSPS) is 16.6. The van der Waals surface area contributed by atoms with E-state index >= 15 is 0 Å². The average Bonchev–Trinajstić information content (AvgIpc) is 3.17. The van der Waals surface area contributed by atoms with E-state index < -0.39 is 5.60 Å². The molecule has 1 saturated heterocycles. The van der Waals surface area contributed by atoms with E-state index in [0.717, 1.165) is 12.8 Å². The number of ether oxygens (including phenoxy) is 1. The van der Waals surface area contributed by atoms with Gasteiger partial charge in [-0.25, -0.2) is 4.79 Å². The van der Waals surface area contributed by atoms with E-state index in [1.807, 2.05) is 20.8 Å². The van der Waals surface area contributed by atoms with Crippen LogP contribution in [0.1, 0.15) is 45.4 Å². The van der Waals surface area contributed by atoms with E-state index in [-0.39, 0.29) is 12.0 Å². The van der Waals surface area contributed by atoms with Crippen molar-refractivity contribution in [3.63, 3.8) is 0 Å². The Morgan fingerprint density at radius 1 is 1.39 bits per heavy atom. The van der Waals surface area contributed by atoms with Crippen molar-refractivity contribution >= 4 is 6.09 Å². The molecule has 2 aromatic heterocycles. The molecule has 1 aliphatic rings. The molecule has 0 unspecified atom stereocenters. The number of likely N-dealkylation sites (tertiary alicyclic amines) is 1. The molecule has 1 N–H and O–H groups in total. The molecule has 0 bridgehead atoms. The van der Waals surface area contributed by atoms with Crippen molar-refractivity contribution in [3.05, 3.63) is 18.1 Å². The number of aromatic nitrogens is 4. The van der Waals surface area contributed by atoms with Gasteiger partial charge < -0.3 is 14.2 Å². The van der Waals surface area contributed by atoms with E-state index in [1.54, 1.807) is 17.2 Å². The van der Waals surface area contributed by atoms with E-state index in [9.17, 15) is 4.79 Å². The van der Waals surface area contributed by atoms with Crippen LogP contribution < -0.4 is 0 Å². The quantitative estimate of drug-likeness (QED) is 0.913. The lowest BCUT2D eigenvalue weighted by Crippen LogP contribution is -2.41. The van der Waals surface area contributed by atoms with Crippen molar-refractivity contribution in [2.75, 3.05) is 13.1 Å². The Bertz CT molecular complexity index is 651. The molecular weight excluding hydrogens is 298 g/mol. The zero-order valence-corrected chi connectivity index (χ0v) is 13.6. The fourth-order valence-corrected chi connectivity index (χ4v) is 2.53. The Morgan fingerprint density at radius 2 is 2.13 bits per heavy atom. The summed E-state index contributed by atoms with van der Waals surface area (Å²) in [6, 6.07) is 1.78. The van der Waals surface area contributed by atoms with Gasteiger partial charge in [0.1, 0.15) is 11.3 Å². The summed E-state index contributed by atoms with van der Waals surface area (Å²) >= 11 is 0. The number of aromatic amines is 1. The molecule has 0 spiro atoms. The van der Waals surface area contributed by atoms with Crippen LogP contribution in [0.3, 0.4) is 0 Å². The highest BCUT2D eigenvalue weighted by atomic mass is 16.6. The first-order valence-electron chi connectivity index (χ1n) is 7.73. The minimum atomic E-state index is -0.472. The van der Waals surface area contributed by atoms with Gasteiger partial charge in [0, 0.05) is 25.2 Å². The summed E-state index contributed by atoms with van der Waals surface area (Å²) in [6.45, 7) is 6.87. The van der Waals surface area contributed by atoms with Crippen LogP contribution in [0.25, 0.3) is 11.6 Å². The fourth-order valence-electron chi connectivity index (χ4n) is 2.53. The van der Waals surface area contributed by atoms with Crippen LogP contribution in [-0.4, -0.2) is 50.0 Å². The average molecular weight is 319 g/mol. The molecule has 3 rings (SSSR count). The number of rotatable bonds is 2. The lowest BCUT2D eigenvalue weighted by atomic mass is 9.96. The molecule has 0 aliphatic carbocycles. The second-order valence-corrected chi connectivity index (χ2v) is 6.67. The molecule has 1 fully saturated rings. The van der Waals surface area contributed by atoms with Crippen LogP contribution in [-0.2, 0) is 4.74 Å². The molecule has 8 nitrogen and oxygen atoms in total. The van der Waals surface area contributed by atoms with E-state index in [4.69, 9.17) is 9.26 Å². The van der Waals surface area contributed by atoms with Crippen LogP contribution in [0.4, 0.5) is 4.79 Å². The summed E-state index contributed by atoms with van der Waals surface area (Å²) in [4.78, 5) is 18.2. The number of H-pyrrole nitrogens is 1. The summed E-state index contributed by atoms with van der Waals surface area (Å²) in [7, 11) is 0. The van der Waals surface area contributed by atoms with Crippen molar-refractivity contribution in [2.24, 2.45) is 0 Å². The molecule has 1 aliphatic heterocycles. The number of hydrogen-bond acceptors (Lipinski definition) is 6. The molecule has 3 heterocycles. The number of piperidine rings is 1. The highest BCUT2D eigenvalue weighted by Crippen LogP contribution is 2.28. The van der Waals surface area contributed by atoms with Crippen LogP contribution in [0.2, 0.25) is 0 Å². The molecule has 124 valence electrons. The summed E-state index contributed by atoms with van der Waals surface area (Å²) < 4.78 is 10.7. The monoisotopic (exact) mass is 319 g/mol. The number of carbonyl (C=O) groups is 1.